The summed E-state index contributed by atoms with van der Waals surface area (Å²) < 4.78 is 11.5. The second kappa shape index (κ2) is 8.12. The number of rotatable bonds is 3. The zero-order chi connectivity index (χ0) is 20.5. The number of aromatic nitrogens is 4. The molecule has 2 aliphatic rings. The van der Waals surface area contributed by atoms with Gasteiger partial charge in [-0.3, -0.25) is 4.98 Å². The van der Waals surface area contributed by atoms with Crippen LogP contribution in [0.2, 0.25) is 0 Å². The number of nitrogens with zero attached hydrogens (tertiary/aromatic N) is 6. The molecule has 0 aliphatic carbocycles. The highest BCUT2D eigenvalue weighted by Crippen LogP contribution is 2.29. The third-order valence-electron chi connectivity index (χ3n) is 5.52. The Hall–Kier alpha value is -2.84. The lowest BCUT2D eigenvalue weighted by molar-refractivity contribution is -0.00570. The van der Waals surface area contributed by atoms with Gasteiger partial charge >= 0.3 is 0 Å². The summed E-state index contributed by atoms with van der Waals surface area (Å²) in [6.45, 7) is 8.74. The normalized spacial score (nSPS) is 22.5. The second-order valence-electron chi connectivity index (χ2n) is 7.91. The van der Waals surface area contributed by atoms with Crippen molar-refractivity contribution >= 4 is 22.8 Å². The number of fused-ring (bicyclic) bond motifs is 1. The number of ether oxygens (including phenoxy) is 2. The van der Waals surface area contributed by atoms with E-state index in [0.717, 1.165) is 48.6 Å². The van der Waals surface area contributed by atoms with Crippen molar-refractivity contribution in [2.75, 3.05) is 49.2 Å². The predicted octanol–water partition coefficient (Wildman–Crippen LogP) is 2.54. The van der Waals surface area contributed by atoms with Crippen molar-refractivity contribution < 1.29 is 9.47 Å². The maximum absolute atomic E-state index is 5.90. The first-order valence-electron chi connectivity index (χ1n) is 10.5. The molecule has 0 spiro atoms. The first-order valence-corrected chi connectivity index (χ1v) is 10.5. The Morgan fingerprint density at radius 3 is 2.33 bits per heavy atom. The molecule has 0 N–H and O–H groups in total. The van der Waals surface area contributed by atoms with E-state index in [9.17, 15) is 0 Å². The molecule has 156 valence electrons. The van der Waals surface area contributed by atoms with Crippen molar-refractivity contribution in [3.8, 4) is 11.3 Å². The van der Waals surface area contributed by atoms with Crippen molar-refractivity contribution in [1.29, 1.82) is 0 Å². The summed E-state index contributed by atoms with van der Waals surface area (Å²) in [5.41, 5.74) is 2.61. The molecule has 0 radical (unpaired) electrons. The summed E-state index contributed by atoms with van der Waals surface area (Å²) in [6.07, 6.45) is 3.83. The highest BCUT2D eigenvalue weighted by atomic mass is 16.5. The van der Waals surface area contributed by atoms with Gasteiger partial charge in [0.2, 0.25) is 5.95 Å². The van der Waals surface area contributed by atoms with Crippen LogP contribution in [0.25, 0.3) is 22.3 Å². The number of hydrogen-bond donors (Lipinski definition) is 0. The summed E-state index contributed by atoms with van der Waals surface area (Å²) in [4.78, 5) is 23.4. The van der Waals surface area contributed by atoms with E-state index in [0.29, 0.717) is 24.8 Å². The van der Waals surface area contributed by atoms with Crippen molar-refractivity contribution in [1.82, 2.24) is 19.9 Å². The Kier molecular flexibility index (Phi) is 5.18. The smallest absolute Gasteiger partial charge is 0.229 e. The molecule has 5 rings (SSSR count). The molecule has 0 aromatic carbocycles. The van der Waals surface area contributed by atoms with Crippen LogP contribution in [0.3, 0.4) is 0 Å². The van der Waals surface area contributed by atoms with Crippen LogP contribution in [0.15, 0.2) is 36.7 Å². The van der Waals surface area contributed by atoms with Crippen LogP contribution in [-0.4, -0.2) is 71.5 Å². The average Bonchev–Trinajstić information content (AvgIpc) is 2.78. The molecule has 0 bridgehead atoms. The first kappa shape index (κ1) is 19.1. The summed E-state index contributed by atoms with van der Waals surface area (Å²) >= 11 is 0. The van der Waals surface area contributed by atoms with Gasteiger partial charge in [0.1, 0.15) is 5.82 Å². The minimum Gasteiger partial charge on any atom is -0.378 e. The molecule has 2 unspecified atom stereocenters. The minimum absolute atomic E-state index is 0.135. The van der Waals surface area contributed by atoms with Crippen LogP contribution in [0, 0.1) is 0 Å². The van der Waals surface area contributed by atoms with Crippen LogP contribution in [0.4, 0.5) is 11.8 Å². The average molecular weight is 406 g/mol. The molecule has 2 atom stereocenters. The number of hydrogen-bond acceptors (Lipinski definition) is 8. The molecule has 3 aromatic rings. The number of anilines is 2. The van der Waals surface area contributed by atoms with Gasteiger partial charge in [-0.25, -0.2) is 4.98 Å². The van der Waals surface area contributed by atoms with Crippen molar-refractivity contribution in [2.45, 2.75) is 26.1 Å². The van der Waals surface area contributed by atoms with Crippen LogP contribution in [0.5, 0.6) is 0 Å². The SMILES string of the molecule is CC1CN(c2nc(N3CCOCC3)c3ccc(-c4ccncc4)nc3n2)CC(C)O1. The minimum atomic E-state index is 0.135. The fourth-order valence-corrected chi connectivity index (χ4v) is 4.17. The maximum Gasteiger partial charge on any atom is 0.229 e. The number of pyridine rings is 2. The van der Waals surface area contributed by atoms with E-state index in [4.69, 9.17) is 24.4 Å². The molecule has 30 heavy (non-hydrogen) atoms. The van der Waals surface area contributed by atoms with Crippen molar-refractivity contribution in [3.63, 3.8) is 0 Å². The lowest BCUT2D eigenvalue weighted by Crippen LogP contribution is -2.46. The molecule has 3 aromatic heterocycles. The highest BCUT2D eigenvalue weighted by Gasteiger charge is 2.26. The standard InChI is InChI=1S/C22H26N6O2/c1-15-13-28(14-16(2)30-15)22-25-20-18(21(26-22)27-9-11-29-12-10-27)3-4-19(24-20)17-5-7-23-8-6-17/h3-8,15-16H,9-14H2,1-2H3. The van der Waals surface area contributed by atoms with E-state index in [1.54, 1.807) is 12.4 Å². The Bertz CT molecular complexity index is 1010. The summed E-state index contributed by atoms with van der Waals surface area (Å²) in [6, 6.07) is 8.04. The van der Waals surface area contributed by atoms with Crippen LogP contribution in [-0.2, 0) is 9.47 Å². The van der Waals surface area contributed by atoms with Gasteiger partial charge in [-0.2, -0.15) is 9.97 Å². The third kappa shape index (κ3) is 3.80. The summed E-state index contributed by atoms with van der Waals surface area (Å²) in [5, 5.41) is 0.966. The largest absolute Gasteiger partial charge is 0.378 e. The fraction of sp³-hybridized carbons (Fsp3) is 0.455. The molecule has 8 heteroatoms. The molecule has 0 amide bonds. The molecular weight excluding hydrogens is 380 g/mol. The van der Waals surface area contributed by atoms with Crippen LogP contribution >= 0.6 is 0 Å². The topological polar surface area (TPSA) is 76.5 Å². The Morgan fingerprint density at radius 2 is 1.60 bits per heavy atom. The Morgan fingerprint density at radius 1 is 0.867 bits per heavy atom. The van der Waals surface area contributed by atoms with Gasteiger partial charge in [0.15, 0.2) is 5.65 Å². The fourth-order valence-electron chi connectivity index (χ4n) is 4.17. The third-order valence-corrected chi connectivity index (χ3v) is 5.52. The lowest BCUT2D eigenvalue weighted by atomic mass is 10.1. The quantitative estimate of drug-likeness (QED) is 0.657. The van der Waals surface area contributed by atoms with E-state index >= 15 is 0 Å². The number of morpholine rings is 2. The van der Waals surface area contributed by atoms with Gasteiger partial charge in [0.05, 0.1) is 36.5 Å². The van der Waals surface area contributed by atoms with Gasteiger partial charge in [0.25, 0.3) is 0 Å². The highest BCUT2D eigenvalue weighted by molar-refractivity contribution is 5.89. The van der Waals surface area contributed by atoms with Gasteiger partial charge in [-0.15, -0.1) is 0 Å². The molecule has 8 nitrogen and oxygen atoms in total. The van der Waals surface area contributed by atoms with Gasteiger partial charge in [-0.05, 0) is 38.1 Å². The molecule has 0 saturated carbocycles. The van der Waals surface area contributed by atoms with E-state index in [2.05, 4.69) is 34.7 Å². The lowest BCUT2D eigenvalue weighted by Gasteiger charge is -2.36. The second-order valence-corrected chi connectivity index (χ2v) is 7.91. The van der Waals surface area contributed by atoms with Gasteiger partial charge in [-0.1, -0.05) is 0 Å². The zero-order valence-corrected chi connectivity index (χ0v) is 17.4. The Balaban J connectivity index is 1.62. The van der Waals surface area contributed by atoms with E-state index in [1.807, 2.05) is 18.2 Å². The van der Waals surface area contributed by atoms with Gasteiger partial charge < -0.3 is 19.3 Å². The van der Waals surface area contributed by atoms with E-state index < -0.39 is 0 Å². The monoisotopic (exact) mass is 406 g/mol. The molecule has 2 saturated heterocycles. The molecule has 2 fully saturated rings. The molecule has 5 heterocycles. The Labute approximate surface area is 175 Å². The van der Waals surface area contributed by atoms with Crippen molar-refractivity contribution in [3.05, 3.63) is 36.7 Å². The first-order chi connectivity index (χ1) is 14.7. The van der Waals surface area contributed by atoms with Gasteiger partial charge in [0, 0.05) is 44.1 Å². The maximum atomic E-state index is 5.90. The van der Waals surface area contributed by atoms with E-state index in [-0.39, 0.29) is 12.2 Å². The predicted molar refractivity (Wildman–Crippen MR) is 116 cm³/mol. The van der Waals surface area contributed by atoms with Crippen LogP contribution in [0.1, 0.15) is 13.8 Å². The zero-order valence-electron chi connectivity index (χ0n) is 17.4. The van der Waals surface area contributed by atoms with Crippen LogP contribution < -0.4 is 9.80 Å². The molecule has 2 aliphatic heterocycles. The summed E-state index contributed by atoms with van der Waals surface area (Å²) in [5.74, 6) is 1.64. The molecular formula is C22H26N6O2. The van der Waals surface area contributed by atoms with Crippen molar-refractivity contribution in [2.24, 2.45) is 0 Å². The summed E-state index contributed by atoms with van der Waals surface area (Å²) in [7, 11) is 0. The van der Waals surface area contributed by atoms with E-state index in [1.165, 1.54) is 0 Å².